The first-order valence-corrected chi connectivity index (χ1v) is 12.3. The highest BCUT2D eigenvalue weighted by Crippen LogP contribution is 2.17. The Morgan fingerprint density at radius 2 is 1.42 bits per heavy atom. The van der Waals surface area contributed by atoms with E-state index < -0.39 is 30.5 Å². The van der Waals surface area contributed by atoms with Crippen molar-refractivity contribution in [1.29, 1.82) is 0 Å². The number of amides is 1. The molecule has 0 aliphatic heterocycles. The van der Waals surface area contributed by atoms with Crippen LogP contribution < -0.4 is 5.32 Å². The summed E-state index contributed by atoms with van der Waals surface area (Å²) in [6.45, 7) is 11.6. The van der Waals surface area contributed by atoms with Crippen LogP contribution in [0.15, 0.2) is 36.4 Å². The zero-order valence-electron chi connectivity index (χ0n) is 22.7. The van der Waals surface area contributed by atoms with Crippen molar-refractivity contribution in [1.82, 2.24) is 10.2 Å². The number of aryl methyl sites for hydroxylation is 2. The Morgan fingerprint density at radius 1 is 0.895 bits per heavy atom. The number of rotatable bonds is 9. The molecule has 0 fully saturated rings. The third-order valence-corrected chi connectivity index (χ3v) is 5.25. The quantitative estimate of drug-likeness (QED) is 0.235. The van der Waals surface area contributed by atoms with Crippen LogP contribution in [-0.4, -0.2) is 42.6 Å². The second kappa shape index (κ2) is 15.4. The highest BCUT2D eigenvalue weighted by Gasteiger charge is 2.32. The van der Waals surface area contributed by atoms with Gasteiger partial charge < -0.3 is 15.0 Å². The van der Waals surface area contributed by atoms with Gasteiger partial charge in [-0.15, -0.1) is 0 Å². The minimum Gasteiger partial charge on any atom is -0.449 e. The number of hydrogen-bond acceptors (Lipinski definition) is 4. The smallest absolute Gasteiger partial charge is 0.422 e. The minimum atomic E-state index is -4.70. The topological polar surface area (TPSA) is 58.6 Å². The summed E-state index contributed by atoms with van der Waals surface area (Å²) in [7, 11) is 0. The summed E-state index contributed by atoms with van der Waals surface area (Å²) in [5.41, 5.74) is 3.35. The Labute approximate surface area is 221 Å². The van der Waals surface area contributed by atoms with E-state index >= 15 is 0 Å². The largest absolute Gasteiger partial charge is 0.449 e. The summed E-state index contributed by atoms with van der Waals surface area (Å²) in [4.78, 5) is 24.8. The monoisotopic (exact) mass is 544 g/mol. The average Bonchev–Trinajstić information content (AvgIpc) is 2.79. The van der Waals surface area contributed by atoms with Gasteiger partial charge in [-0.2, -0.15) is 13.2 Å². The summed E-state index contributed by atoms with van der Waals surface area (Å²) in [6.07, 6.45) is -4.70. The van der Waals surface area contributed by atoms with Crippen LogP contribution >= 0.6 is 0 Å². The Hall–Kier alpha value is -3.01. The van der Waals surface area contributed by atoms with Crippen molar-refractivity contribution in [2.45, 2.75) is 60.8 Å². The van der Waals surface area contributed by atoms with Crippen molar-refractivity contribution in [3.63, 3.8) is 0 Å². The number of carbonyl (C=O) groups is 2. The van der Waals surface area contributed by atoms with Crippen LogP contribution in [0.4, 0.5) is 22.0 Å². The summed E-state index contributed by atoms with van der Waals surface area (Å²) in [5, 5.41) is 3.34. The molecule has 2 aromatic carbocycles. The summed E-state index contributed by atoms with van der Waals surface area (Å²) in [6, 6.07) is 8.88. The van der Waals surface area contributed by atoms with Gasteiger partial charge in [0.15, 0.2) is 6.61 Å². The molecular formula is C28H37F5N2O3. The number of carbonyl (C=O) groups excluding carboxylic acids is 2. The number of alkyl halides is 3. The third-order valence-electron chi connectivity index (χ3n) is 5.25. The van der Waals surface area contributed by atoms with Crippen molar-refractivity contribution >= 4 is 11.9 Å². The van der Waals surface area contributed by atoms with Gasteiger partial charge in [0, 0.05) is 19.6 Å². The highest BCUT2D eigenvalue weighted by molar-refractivity contribution is 6.32. The first-order chi connectivity index (χ1) is 17.6. The maximum atomic E-state index is 13.1. The average molecular weight is 545 g/mol. The molecule has 0 aliphatic carbocycles. The molecule has 212 valence electrons. The third kappa shape index (κ3) is 13.0. The van der Waals surface area contributed by atoms with E-state index in [1.54, 1.807) is 26.8 Å². The van der Waals surface area contributed by atoms with Gasteiger partial charge in [-0.3, -0.25) is 4.79 Å². The fraction of sp³-hybridized carbons (Fsp3) is 0.500. The van der Waals surface area contributed by atoms with Crippen molar-refractivity contribution in [3.05, 3.63) is 70.3 Å². The van der Waals surface area contributed by atoms with Crippen molar-refractivity contribution < 1.29 is 36.3 Å². The summed E-state index contributed by atoms with van der Waals surface area (Å²) < 4.78 is 66.2. The van der Waals surface area contributed by atoms with Gasteiger partial charge in [0.05, 0.1) is 0 Å². The Balaban J connectivity index is 0.000000437. The number of esters is 1. The van der Waals surface area contributed by atoms with Crippen molar-refractivity contribution in [2.24, 2.45) is 11.8 Å². The van der Waals surface area contributed by atoms with E-state index in [0.717, 1.165) is 23.6 Å². The van der Waals surface area contributed by atoms with Crippen LogP contribution in [0, 0.1) is 37.3 Å². The molecule has 2 rings (SSSR count). The molecule has 0 saturated carbocycles. The van der Waals surface area contributed by atoms with Crippen LogP contribution in [-0.2, 0) is 27.4 Å². The first kappa shape index (κ1) is 33.0. The van der Waals surface area contributed by atoms with Crippen LogP contribution in [0.2, 0.25) is 0 Å². The van der Waals surface area contributed by atoms with Crippen molar-refractivity contribution in [3.8, 4) is 0 Å². The molecule has 0 spiro atoms. The second-order valence-electron chi connectivity index (χ2n) is 9.94. The molecule has 0 aromatic heterocycles. The summed E-state index contributed by atoms with van der Waals surface area (Å²) in [5.74, 6) is -2.69. The molecule has 5 nitrogen and oxygen atoms in total. The van der Waals surface area contributed by atoms with Gasteiger partial charge in [-0.1, -0.05) is 39.8 Å². The SMILES string of the molecule is Cc1cc(F)ccc1CN(CC(C)C)C(=O)C(=O)OCC(F)(F)F.Cc1cc(F)ccc1CNCC(C)C. The predicted octanol–water partition coefficient (Wildman–Crippen LogP) is 6.10. The maximum absolute atomic E-state index is 13.1. The molecule has 0 unspecified atom stereocenters. The van der Waals surface area contributed by atoms with Crippen LogP contribution in [0.5, 0.6) is 0 Å². The molecule has 0 bridgehead atoms. The predicted molar refractivity (Wildman–Crippen MR) is 136 cm³/mol. The van der Waals surface area contributed by atoms with Crippen LogP contribution in [0.25, 0.3) is 0 Å². The van der Waals surface area contributed by atoms with Crippen LogP contribution in [0.3, 0.4) is 0 Å². The molecular weight excluding hydrogens is 507 g/mol. The zero-order chi connectivity index (χ0) is 29.0. The first-order valence-electron chi connectivity index (χ1n) is 12.3. The zero-order valence-corrected chi connectivity index (χ0v) is 22.7. The van der Waals surface area contributed by atoms with E-state index in [2.05, 4.69) is 23.9 Å². The highest BCUT2D eigenvalue weighted by atomic mass is 19.4. The Bertz CT molecular complexity index is 1060. The molecule has 0 saturated heterocycles. The molecule has 10 heteroatoms. The standard InChI is InChI=1S/C16H19F4NO3.C12H18FN/c1-10(2)7-21(8-12-4-5-13(17)6-11(12)3)14(22)15(23)24-9-16(18,19)20;1-9(2)7-14-8-11-4-5-12(13)6-10(11)3/h4-6,10H,7-9H2,1-3H3;4-6,9,14H,7-8H2,1-3H3. The maximum Gasteiger partial charge on any atom is 0.422 e. The van der Waals surface area contributed by atoms with Gasteiger partial charge in [0.25, 0.3) is 0 Å². The van der Waals surface area contributed by atoms with Crippen LogP contribution in [0.1, 0.15) is 49.9 Å². The number of nitrogens with zero attached hydrogens (tertiary/aromatic N) is 1. The van der Waals surface area contributed by atoms with E-state index in [1.165, 1.54) is 29.8 Å². The van der Waals surface area contributed by atoms with Gasteiger partial charge in [-0.05, 0) is 78.7 Å². The molecule has 0 heterocycles. The lowest BCUT2D eigenvalue weighted by atomic mass is 10.1. The summed E-state index contributed by atoms with van der Waals surface area (Å²) >= 11 is 0. The Kier molecular flexibility index (Phi) is 13.4. The second-order valence-corrected chi connectivity index (χ2v) is 9.94. The van der Waals surface area contributed by atoms with Gasteiger partial charge in [0.1, 0.15) is 11.6 Å². The fourth-order valence-electron chi connectivity index (χ4n) is 3.39. The number of hydrogen-bond donors (Lipinski definition) is 1. The number of benzene rings is 2. The molecule has 1 amide bonds. The number of ether oxygens (including phenoxy) is 1. The van der Waals surface area contributed by atoms with E-state index in [0.29, 0.717) is 17.0 Å². The lowest BCUT2D eigenvalue weighted by molar-refractivity contribution is -0.189. The molecule has 2 aromatic rings. The fourth-order valence-corrected chi connectivity index (χ4v) is 3.39. The Morgan fingerprint density at radius 3 is 1.87 bits per heavy atom. The van der Waals surface area contributed by atoms with E-state index in [9.17, 15) is 31.5 Å². The molecule has 0 atom stereocenters. The molecule has 1 N–H and O–H groups in total. The molecule has 38 heavy (non-hydrogen) atoms. The number of halogens is 5. The molecule has 0 aliphatic rings. The number of nitrogens with one attached hydrogen (secondary N) is 1. The lowest BCUT2D eigenvalue weighted by Crippen LogP contribution is -2.40. The van der Waals surface area contributed by atoms with Crippen molar-refractivity contribution in [2.75, 3.05) is 19.7 Å². The van der Waals surface area contributed by atoms with Gasteiger partial charge >= 0.3 is 18.1 Å². The minimum absolute atomic E-state index is 0.0230. The van der Waals surface area contributed by atoms with E-state index in [-0.39, 0.29) is 24.8 Å². The normalized spacial score (nSPS) is 11.3. The van der Waals surface area contributed by atoms with Gasteiger partial charge in [-0.25, -0.2) is 13.6 Å². The lowest BCUT2D eigenvalue weighted by Gasteiger charge is -2.24. The van der Waals surface area contributed by atoms with E-state index in [1.807, 2.05) is 13.0 Å². The molecule has 0 radical (unpaired) electrons. The van der Waals surface area contributed by atoms with Gasteiger partial charge in [0.2, 0.25) is 0 Å². The van der Waals surface area contributed by atoms with E-state index in [4.69, 9.17) is 0 Å².